The number of carboxylic acids is 1. The van der Waals surface area contributed by atoms with Gasteiger partial charge in [0.2, 0.25) is 5.76 Å². The number of aromatic nitrogens is 2. The third-order valence-electron chi connectivity index (χ3n) is 1.42. The molecule has 2 aromatic rings. The molecule has 0 saturated carbocycles. The molecule has 1 N–H and O–H groups in total. The van der Waals surface area contributed by atoms with E-state index in [1.807, 2.05) is 0 Å². The van der Waals surface area contributed by atoms with Crippen LogP contribution in [0.3, 0.4) is 0 Å². The van der Waals surface area contributed by atoms with E-state index in [0.29, 0.717) is 11.4 Å². The molecule has 0 aliphatic carbocycles. The van der Waals surface area contributed by atoms with Crippen molar-refractivity contribution >= 4 is 5.97 Å². The molecule has 0 unspecified atom stereocenters. The molecular formula is C7H4N2O4. The molecule has 2 heterocycles. The van der Waals surface area contributed by atoms with Gasteiger partial charge in [0.1, 0.15) is 17.7 Å². The number of carbonyl (C=O) groups is 1. The molecule has 0 aromatic carbocycles. The van der Waals surface area contributed by atoms with Gasteiger partial charge >= 0.3 is 5.97 Å². The summed E-state index contributed by atoms with van der Waals surface area (Å²) in [6.07, 6.45) is 1.37. The van der Waals surface area contributed by atoms with Crippen LogP contribution in [0.5, 0.6) is 0 Å². The average Bonchev–Trinajstić information content (AvgIpc) is 2.75. The molecule has 0 atom stereocenters. The van der Waals surface area contributed by atoms with Crippen LogP contribution in [-0.4, -0.2) is 21.4 Å². The van der Waals surface area contributed by atoms with Crippen molar-refractivity contribution in [1.29, 1.82) is 0 Å². The first kappa shape index (κ1) is 7.53. The second-order valence-corrected chi connectivity index (χ2v) is 2.27. The van der Waals surface area contributed by atoms with Crippen molar-refractivity contribution in [2.24, 2.45) is 0 Å². The highest BCUT2D eigenvalue weighted by Gasteiger charge is 2.13. The quantitative estimate of drug-likeness (QED) is 0.742. The molecule has 0 aliphatic rings. The van der Waals surface area contributed by atoms with Gasteiger partial charge < -0.3 is 14.2 Å². The van der Waals surface area contributed by atoms with E-state index in [0.717, 1.165) is 0 Å². The molecule has 0 saturated heterocycles. The Morgan fingerprint density at radius 3 is 2.77 bits per heavy atom. The smallest absolute Gasteiger partial charge is 0.374 e. The van der Waals surface area contributed by atoms with Crippen LogP contribution < -0.4 is 0 Å². The Hall–Kier alpha value is -2.11. The first-order valence-corrected chi connectivity index (χ1v) is 3.38. The van der Waals surface area contributed by atoms with Gasteiger partial charge in [-0.3, -0.25) is 0 Å². The Balaban J connectivity index is 2.39. The van der Waals surface area contributed by atoms with Crippen molar-refractivity contribution in [3.8, 4) is 11.4 Å². The molecule has 2 rings (SSSR count). The van der Waals surface area contributed by atoms with Crippen molar-refractivity contribution in [2.75, 3.05) is 0 Å². The first-order valence-electron chi connectivity index (χ1n) is 3.38. The van der Waals surface area contributed by atoms with E-state index >= 15 is 0 Å². The van der Waals surface area contributed by atoms with E-state index in [-0.39, 0.29) is 5.76 Å². The maximum absolute atomic E-state index is 10.4. The maximum atomic E-state index is 10.4. The minimum Gasteiger partial charge on any atom is -0.475 e. The molecule has 13 heavy (non-hydrogen) atoms. The number of hydrogen-bond acceptors (Lipinski definition) is 5. The van der Waals surface area contributed by atoms with Crippen molar-refractivity contribution in [2.45, 2.75) is 0 Å². The lowest BCUT2D eigenvalue weighted by atomic mass is 10.3. The first-order chi connectivity index (χ1) is 6.27. The average molecular weight is 180 g/mol. The van der Waals surface area contributed by atoms with Gasteiger partial charge in [-0.2, -0.15) is 0 Å². The number of carboxylic acid groups (broad SMARTS) is 1. The Morgan fingerprint density at radius 1 is 1.38 bits per heavy atom. The second-order valence-electron chi connectivity index (χ2n) is 2.27. The molecule has 0 bridgehead atoms. The minimum atomic E-state index is -1.16. The maximum Gasteiger partial charge on any atom is 0.374 e. The SMILES string of the molecule is O=C(O)c1cc(-c2ccon2)no1. The van der Waals surface area contributed by atoms with Crippen LogP contribution in [0.1, 0.15) is 10.6 Å². The van der Waals surface area contributed by atoms with Crippen LogP contribution in [0.2, 0.25) is 0 Å². The summed E-state index contributed by atoms with van der Waals surface area (Å²) in [5, 5.41) is 15.6. The number of nitrogens with zero attached hydrogens (tertiary/aromatic N) is 2. The van der Waals surface area contributed by atoms with Crippen LogP contribution in [0.25, 0.3) is 11.4 Å². The predicted octanol–water partition coefficient (Wildman–Crippen LogP) is 1.03. The Labute approximate surface area is 71.7 Å². The molecule has 6 heteroatoms. The number of rotatable bonds is 2. The second kappa shape index (κ2) is 2.74. The zero-order valence-corrected chi connectivity index (χ0v) is 6.30. The summed E-state index contributed by atoms with van der Waals surface area (Å²) in [5.41, 5.74) is 0.780. The van der Waals surface area contributed by atoms with Gasteiger partial charge in [-0.25, -0.2) is 4.79 Å². The van der Waals surface area contributed by atoms with E-state index in [1.165, 1.54) is 12.3 Å². The zero-order valence-electron chi connectivity index (χ0n) is 6.30. The third kappa shape index (κ3) is 1.28. The molecule has 0 fully saturated rings. The predicted molar refractivity (Wildman–Crippen MR) is 39.0 cm³/mol. The fourth-order valence-electron chi connectivity index (χ4n) is 0.841. The molecule has 6 nitrogen and oxygen atoms in total. The van der Waals surface area contributed by atoms with Crippen LogP contribution >= 0.6 is 0 Å². The standard InChI is InChI=1S/C7H4N2O4/c10-7(11)6-3-5(9-13-6)4-1-2-12-8-4/h1-3H,(H,10,11). The van der Waals surface area contributed by atoms with Crippen LogP contribution in [0.15, 0.2) is 27.4 Å². The van der Waals surface area contributed by atoms with E-state index in [9.17, 15) is 4.79 Å². The van der Waals surface area contributed by atoms with Crippen molar-refractivity contribution < 1.29 is 18.9 Å². The Morgan fingerprint density at radius 2 is 2.23 bits per heavy atom. The lowest BCUT2D eigenvalue weighted by Gasteiger charge is -1.79. The normalized spacial score (nSPS) is 10.2. The summed E-state index contributed by atoms with van der Waals surface area (Å²) >= 11 is 0. The lowest BCUT2D eigenvalue weighted by molar-refractivity contribution is 0.0652. The minimum absolute atomic E-state index is 0.224. The fourth-order valence-corrected chi connectivity index (χ4v) is 0.841. The van der Waals surface area contributed by atoms with Crippen LogP contribution in [0.4, 0.5) is 0 Å². The highest BCUT2D eigenvalue weighted by atomic mass is 16.5. The van der Waals surface area contributed by atoms with Gasteiger partial charge in [-0.15, -0.1) is 0 Å². The highest BCUT2D eigenvalue weighted by molar-refractivity contribution is 5.85. The number of aromatic carboxylic acids is 1. The van der Waals surface area contributed by atoms with E-state index in [4.69, 9.17) is 5.11 Å². The summed E-state index contributed by atoms with van der Waals surface area (Å²) in [6, 6.07) is 2.84. The lowest BCUT2D eigenvalue weighted by Crippen LogP contribution is -1.91. The summed E-state index contributed by atoms with van der Waals surface area (Å²) in [5.74, 6) is -1.39. The topological polar surface area (TPSA) is 89.4 Å². The van der Waals surface area contributed by atoms with Crippen molar-refractivity contribution in [3.63, 3.8) is 0 Å². The molecule has 2 aromatic heterocycles. The summed E-state index contributed by atoms with van der Waals surface area (Å²) in [7, 11) is 0. The van der Waals surface area contributed by atoms with Gasteiger partial charge in [-0.05, 0) is 0 Å². The van der Waals surface area contributed by atoms with Gasteiger partial charge in [0, 0.05) is 12.1 Å². The summed E-state index contributed by atoms with van der Waals surface area (Å²) < 4.78 is 9.08. The molecule has 66 valence electrons. The summed E-state index contributed by atoms with van der Waals surface area (Å²) in [6.45, 7) is 0. The molecule has 0 radical (unpaired) electrons. The van der Waals surface area contributed by atoms with Gasteiger partial charge in [-0.1, -0.05) is 10.3 Å². The molecule has 0 aliphatic heterocycles. The van der Waals surface area contributed by atoms with Gasteiger partial charge in [0.05, 0.1) is 0 Å². The molecule has 0 amide bonds. The van der Waals surface area contributed by atoms with Crippen LogP contribution in [0, 0.1) is 0 Å². The summed E-state index contributed by atoms with van der Waals surface area (Å²) in [4.78, 5) is 10.4. The van der Waals surface area contributed by atoms with E-state index in [1.54, 1.807) is 6.07 Å². The largest absolute Gasteiger partial charge is 0.475 e. The van der Waals surface area contributed by atoms with Crippen LogP contribution in [-0.2, 0) is 0 Å². The number of hydrogen-bond donors (Lipinski definition) is 1. The third-order valence-corrected chi connectivity index (χ3v) is 1.42. The van der Waals surface area contributed by atoms with E-state index < -0.39 is 5.97 Å². The Bertz CT molecular complexity index is 417. The van der Waals surface area contributed by atoms with E-state index in [2.05, 4.69) is 19.4 Å². The van der Waals surface area contributed by atoms with Crippen molar-refractivity contribution in [3.05, 3.63) is 24.2 Å². The highest BCUT2D eigenvalue weighted by Crippen LogP contribution is 2.16. The van der Waals surface area contributed by atoms with Gasteiger partial charge in [0.25, 0.3) is 0 Å². The van der Waals surface area contributed by atoms with Crippen molar-refractivity contribution in [1.82, 2.24) is 10.3 Å². The Kier molecular flexibility index (Phi) is 1.59. The zero-order chi connectivity index (χ0) is 9.26. The monoisotopic (exact) mass is 180 g/mol. The fraction of sp³-hybridized carbons (Fsp3) is 0. The molecular weight excluding hydrogens is 176 g/mol. The van der Waals surface area contributed by atoms with Gasteiger partial charge in [0.15, 0.2) is 0 Å². The molecule has 0 spiro atoms.